The standard InChI is InChI=1S/C19H19F2N3O/c1-2-3-18-23-16-6-4-12(8-17(16)24-18)5-7-19(25)22-15-10-13(20)9-14(21)11-15/h4,6,8-11H,2-3,5,7H2,1H3,(H,22,25)(H,23,24). The topological polar surface area (TPSA) is 57.8 Å². The fourth-order valence-electron chi connectivity index (χ4n) is 2.73. The largest absolute Gasteiger partial charge is 0.342 e. The van der Waals surface area contributed by atoms with Gasteiger partial charge < -0.3 is 10.3 Å². The number of fused-ring (bicyclic) bond motifs is 1. The second-order valence-corrected chi connectivity index (χ2v) is 5.99. The Morgan fingerprint density at radius 2 is 1.88 bits per heavy atom. The molecule has 0 aliphatic rings. The summed E-state index contributed by atoms with van der Waals surface area (Å²) in [6, 6.07) is 8.80. The molecule has 0 aliphatic heterocycles. The SMILES string of the molecule is CCCc1nc2ccc(CCC(=O)Nc3cc(F)cc(F)c3)cc2[nH]1. The normalized spacial score (nSPS) is 11.0. The molecular weight excluding hydrogens is 324 g/mol. The Morgan fingerprint density at radius 1 is 1.12 bits per heavy atom. The molecule has 0 saturated carbocycles. The third kappa shape index (κ3) is 4.41. The van der Waals surface area contributed by atoms with Crippen LogP contribution in [-0.2, 0) is 17.6 Å². The Labute approximate surface area is 144 Å². The predicted molar refractivity (Wildman–Crippen MR) is 93.4 cm³/mol. The molecule has 3 rings (SSSR count). The summed E-state index contributed by atoms with van der Waals surface area (Å²) in [4.78, 5) is 19.8. The summed E-state index contributed by atoms with van der Waals surface area (Å²) in [6.45, 7) is 2.10. The highest BCUT2D eigenvalue weighted by atomic mass is 19.1. The molecule has 0 atom stereocenters. The summed E-state index contributed by atoms with van der Waals surface area (Å²) in [5.74, 6) is -0.771. The summed E-state index contributed by atoms with van der Waals surface area (Å²) >= 11 is 0. The molecular formula is C19H19F2N3O. The molecule has 2 N–H and O–H groups in total. The molecule has 3 aromatic rings. The van der Waals surface area contributed by atoms with E-state index in [1.165, 1.54) is 0 Å². The Hall–Kier alpha value is -2.76. The number of amides is 1. The number of nitrogens with zero attached hydrogens (tertiary/aromatic N) is 1. The van der Waals surface area contributed by atoms with Crippen LogP contribution in [0.25, 0.3) is 11.0 Å². The zero-order valence-corrected chi connectivity index (χ0v) is 13.9. The number of hydrogen-bond donors (Lipinski definition) is 2. The van der Waals surface area contributed by atoms with E-state index in [4.69, 9.17) is 0 Å². The molecule has 0 bridgehead atoms. The van der Waals surface area contributed by atoms with Gasteiger partial charge in [0, 0.05) is 24.6 Å². The van der Waals surface area contributed by atoms with Crippen molar-refractivity contribution in [2.75, 3.05) is 5.32 Å². The smallest absolute Gasteiger partial charge is 0.224 e. The quantitative estimate of drug-likeness (QED) is 0.698. The number of aryl methyl sites for hydroxylation is 2. The molecule has 0 fully saturated rings. The molecule has 0 radical (unpaired) electrons. The number of halogens is 2. The number of H-pyrrole nitrogens is 1. The van der Waals surface area contributed by atoms with Gasteiger partial charge in [0.25, 0.3) is 0 Å². The van der Waals surface area contributed by atoms with Gasteiger partial charge in [0.2, 0.25) is 5.91 Å². The minimum absolute atomic E-state index is 0.121. The second-order valence-electron chi connectivity index (χ2n) is 5.99. The van der Waals surface area contributed by atoms with Gasteiger partial charge in [-0.15, -0.1) is 0 Å². The molecule has 6 heteroatoms. The van der Waals surface area contributed by atoms with E-state index in [0.717, 1.165) is 53.5 Å². The monoisotopic (exact) mass is 343 g/mol. The van der Waals surface area contributed by atoms with E-state index < -0.39 is 11.6 Å². The number of aromatic nitrogens is 2. The van der Waals surface area contributed by atoms with Crippen molar-refractivity contribution in [2.45, 2.75) is 32.6 Å². The van der Waals surface area contributed by atoms with Crippen LogP contribution in [0, 0.1) is 11.6 Å². The molecule has 0 spiro atoms. The number of carbonyl (C=O) groups excluding carboxylic acids is 1. The lowest BCUT2D eigenvalue weighted by molar-refractivity contribution is -0.116. The first-order valence-corrected chi connectivity index (χ1v) is 8.27. The number of nitrogens with one attached hydrogen (secondary N) is 2. The van der Waals surface area contributed by atoms with E-state index in [9.17, 15) is 13.6 Å². The Morgan fingerprint density at radius 3 is 2.60 bits per heavy atom. The number of imidazole rings is 1. The van der Waals surface area contributed by atoms with Crippen molar-refractivity contribution in [3.05, 3.63) is 59.4 Å². The molecule has 130 valence electrons. The van der Waals surface area contributed by atoms with Crippen LogP contribution < -0.4 is 5.32 Å². The fraction of sp³-hybridized carbons (Fsp3) is 0.263. The van der Waals surface area contributed by atoms with Crippen molar-refractivity contribution in [1.82, 2.24) is 9.97 Å². The number of anilines is 1. The highest BCUT2D eigenvalue weighted by Gasteiger charge is 2.08. The zero-order chi connectivity index (χ0) is 17.8. The van der Waals surface area contributed by atoms with Gasteiger partial charge in [-0.25, -0.2) is 13.8 Å². The van der Waals surface area contributed by atoms with Crippen LogP contribution in [0.15, 0.2) is 36.4 Å². The first-order valence-electron chi connectivity index (χ1n) is 8.27. The van der Waals surface area contributed by atoms with Gasteiger partial charge in [0.05, 0.1) is 11.0 Å². The zero-order valence-electron chi connectivity index (χ0n) is 13.9. The Kier molecular flexibility index (Phi) is 5.07. The predicted octanol–water partition coefficient (Wildman–Crippen LogP) is 4.36. The summed E-state index contributed by atoms with van der Waals surface area (Å²) in [7, 11) is 0. The van der Waals surface area contributed by atoms with Crippen molar-refractivity contribution in [1.29, 1.82) is 0 Å². The van der Waals surface area contributed by atoms with Crippen molar-refractivity contribution < 1.29 is 13.6 Å². The van der Waals surface area contributed by atoms with Gasteiger partial charge in [-0.1, -0.05) is 13.0 Å². The maximum absolute atomic E-state index is 13.1. The molecule has 25 heavy (non-hydrogen) atoms. The van der Waals surface area contributed by atoms with Crippen LogP contribution >= 0.6 is 0 Å². The van der Waals surface area contributed by atoms with E-state index in [2.05, 4.69) is 22.2 Å². The molecule has 0 unspecified atom stereocenters. The van der Waals surface area contributed by atoms with Crippen LogP contribution in [0.2, 0.25) is 0 Å². The third-order valence-electron chi connectivity index (χ3n) is 3.87. The molecule has 2 aromatic carbocycles. The lowest BCUT2D eigenvalue weighted by atomic mass is 10.1. The van der Waals surface area contributed by atoms with Gasteiger partial charge in [0.1, 0.15) is 17.5 Å². The van der Waals surface area contributed by atoms with Gasteiger partial charge in [-0.2, -0.15) is 0 Å². The first-order chi connectivity index (χ1) is 12.0. The highest BCUT2D eigenvalue weighted by Crippen LogP contribution is 2.17. The molecule has 0 saturated heterocycles. The number of rotatable bonds is 6. The van der Waals surface area contributed by atoms with Crippen LogP contribution in [0.5, 0.6) is 0 Å². The minimum atomic E-state index is -0.720. The summed E-state index contributed by atoms with van der Waals surface area (Å²) in [5.41, 5.74) is 2.98. The number of benzene rings is 2. The van der Waals surface area contributed by atoms with Crippen molar-refractivity contribution in [3.8, 4) is 0 Å². The van der Waals surface area contributed by atoms with Gasteiger partial charge in [-0.3, -0.25) is 4.79 Å². The molecule has 0 aliphatic carbocycles. The maximum atomic E-state index is 13.1. The van der Waals surface area contributed by atoms with Crippen molar-refractivity contribution in [3.63, 3.8) is 0 Å². The van der Waals surface area contributed by atoms with E-state index in [0.29, 0.717) is 6.42 Å². The molecule has 1 aromatic heterocycles. The summed E-state index contributed by atoms with van der Waals surface area (Å²) in [5, 5.41) is 2.51. The maximum Gasteiger partial charge on any atom is 0.224 e. The average Bonchev–Trinajstić information content (AvgIpc) is 2.94. The Balaban J connectivity index is 1.62. The van der Waals surface area contributed by atoms with E-state index in [1.54, 1.807) is 0 Å². The highest BCUT2D eigenvalue weighted by molar-refractivity contribution is 5.90. The molecule has 1 amide bonds. The molecule has 4 nitrogen and oxygen atoms in total. The van der Waals surface area contributed by atoms with Gasteiger partial charge in [0.15, 0.2) is 0 Å². The summed E-state index contributed by atoms with van der Waals surface area (Å²) in [6.07, 6.45) is 2.67. The lowest BCUT2D eigenvalue weighted by Crippen LogP contribution is -2.12. The van der Waals surface area contributed by atoms with Crippen LogP contribution in [0.1, 0.15) is 31.2 Å². The van der Waals surface area contributed by atoms with E-state index in [-0.39, 0.29) is 18.0 Å². The number of aromatic amines is 1. The lowest BCUT2D eigenvalue weighted by Gasteiger charge is -2.06. The Bertz CT molecular complexity index is 885. The van der Waals surface area contributed by atoms with Crippen molar-refractivity contribution >= 4 is 22.6 Å². The average molecular weight is 343 g/mol. The third-order valence-corrected chi connectivity index (χ3v) is 3.87. The van der Waals surface area contributed by atoms with Crippen LogP contribution in [-0.4, -0.2) is 15.9 Å². The van der Waals surface area contributed by atoms with Crippen molar-refractivity contribution in [2.24, 2.45) is 0 Å². The van der Waals surface area contributed by atoms with Crippen LogP contribution in [0.3, 0.4) is 0 Å². The van der Waals surface area contributed by atoms with E-state index >= 15 is 0 Å². The first kappa shape index (κ1) is 17.1. The molecule has 1 heterocycles. The summed E-state index contributed by atoms with van der Waals surface area (Å²) < 4.78 is 26.3. The second kappa shape index (κ2) is 7.42. The fourth-order valence-corrected chi connectivity index (χ4v) is 2.73. The number of hydrogen-bond acceptors (Lipinski definition) is 2. The van der Waals surface area contributed by atoms with Crippen LogP contribution in [0.4, 0.5) is 14.5 Å². The minimum Gasteiger partial charge on any atom is -0.342 e. The van der Waals surface area contributed by atoms with Gasteiger partial charge in [-0.05, 0) is 42.7 Å². The van der Waals surface area contributed by atoms with E-state index in [1.807, 2.05) is 18.2 Å². The number of carbonyl (C=O) groups is 1. The van der Waals surface area contributed by atoms with Gasteiger partial charge >= 0.3 is 0 Å².